The molecule has 0 heterocycles. The SMILES string of the molecule is CCc1ccccc1NC(=O)CN(C)S(=O)(=O)c1ccc(F)c(Cl)c1. The van der Waals surface area contributed by atoms with Crippen molar-refractivity contribution < 1.29 is 17.6 Å². The van der Waals surface area contributed by atoms with Gasteiger partial charge >= 0.3 is 0 Å². The highest BCUT2D eigenvalue weighted by atomic mass is 35.5. The van der Waals surface area contributed by atoms with E-state index in [9.17, 15) is 17.6 Å². The molecule has 0 unspecified atom stereocenters. The molecule has 5 nitrogen and oxygen atoms in total. The number of anilines is 1. The van der Waals surface area contributed by atoms with Crippen LogP contribution in [-0.4, -0.2) is 32.2 Å². The minimum Gasteiger partial charge on any atom is -0.325 e. The third-order valence-corrected chi connectivity index (χ3v) is 5.73. The molecule has 0 radical (unpaired) electrons. The van der Waals surface area contributed by atoms with Crippen molar-refractivity contribution in [3.05, 3.63) is 58.9 Å². The van der Waals surface area contributed by atoms with Crippen LogP contribution in [0.1, 0.15) is 12.5 Å². The van der Waals surface area contributed by atoms with E-state index in [0.717, 1.165) is 34.5 Å². The van der Waals surface area contributed by atoms with Crippen molar-refractivity contribution >= 4 is 33.2 Å². The molecule has 2 rings (SSSR count). The molecular weight excluding hydrogens is 367 g/mol. The molecule has 0 saturated carbocycles. The molecule has 1 N–H and O–H groups in total. The van der Waals surface area contributed by atoms with Gasteiger partial charge in [0, 0.05) is 12.7 Å². The van der Waals surface area contributed by atoms with Gasteiger partial charge in [0.2, 0.25) is 15.9 Å². The fourth-order valence-corrected chi connectivity index (χ4v) is 3.64. The number of carbonyl (C=O) groups excluding carboxylic acids is 1. The quantitative estimate of drug-likeness (QED) is 0.830. The predicted octanol–water partition coefficient (Wildman–Crippen LogP) is 3.30. The van der Waals surface area contributed by atoms with Crippen LogP contribution in [0.25, 0.3) is 0 Å². The maximum absolute atomic E-state index is 13.2. The number of hydrogen-bond acceptors (Lipinski definition) is 3. The van der Waals surface area contributed by atoms with Crippen LogP contribution in [0, 0.1) is 5.82 Å². The van der Waals surface area contributed by atoms with Gasteiger partial charge in [0.05, 0.1) is 16.5 Å². The van der Waals surface area contributed by atoms with E-state index in [-0.39, 0.29) is 16.5 Å². The Balaban J connectivity index is 2.13. The van der Waals surface area contributed by atoms with Gasteiger partial charge in [-0.25, -0.2) is 12.8 Å². The topological polar surface area (TPSA) is 66.5 Å². The zero-order chi connectivity index (χ0) is 18.6. The number of carbonyl (C=O) groups is 1. The second-order valence-corrected chi connectivity index (χ2v) is 7.85. The van der Waals surface area contributed by atoms with Crippen LogP contribution < -0.4 is 5.32 Å². The average Bonchev–Trinajstić information content (AvgIpc) is 2.57. The Morgan fingerprint density at radius 3 is 2.56 bits per heavy atom. The lowest BCUT2D eigenvalue weighted by Crippen LogP contribution is -2.35. The maximum atomic E-state index is 13.2. The molecule has 0 atom stereocenters. The monoisotopic (exact) mass is 384 g/mol. The number of para-hydroxylation sites is 1. The predicted molar refractivity (Wildman–Crippen MR) is 95.7 cm³/mol. The van der Waals surface area contributed by atoms with Crippen molar-refractivity contribution in [3.63, 3.8) is 0 Å². The average molecular weight is 385 g/mol. The number of halogens is 2. The highest BCUT2D eigenvalue weighted by Gasteiger charge is 2.24. The van der Waals surface area contributed by atoms with Crippen molar-refractivity contribution in [2.45, 2.75) is 18.2 Å². The summed E-state index contributed by atoms with van der Waals surface area (Å²) in [4.78, 5) is 12.0. The molecule has 0 spiro atoms. The van der Waals surface area contributed by atoms with Crippen LogP contribution in [0.2, 0.25) is 5.02 Å². The summed E-state index contributed by atoms with van der Waals surface area (Å²) in [6, 6.07) is 10.4. The molecule has 0 aliphatic rings. The van der Waals surface area contributed by atoms with Crippen molar-refractivity contribution in [2.24, 2.45) is 0 Å². The van der Waals surface area contributed by atoms with Crippen LogP contribution in [-0.2, 0) is 21.2 Å². The van der Waals surface area contributed by atoms with Gasteiger partial charge in [-0.05, 0) is 36.2 Å². The first kappa shape index (κ1) is 19.4. The van der Waals surface area contributed by atoms with Crippen molar-refractivity contribution in [1.82, 2.24) is 4.31 Å². The number of hydrogen-bond donors (Lipinski definition) is 1. The Morgan fingerprint density at radius 2 is 1.92 bits per heavy atom. The summed E-state index contributed by atoms with van der Waals surface area (Å²) in [6.45, 7) is 1.58. The Bertz CT molecular complexity index is 887. The molecule has 0 bridgehead atoms. The standard InChI is InChI=1S/C17H18ClFN2O3S/c1-3-12-6-4-5-7-16(12)20-17(22)11-21(2)25(23,24)13-8-9-15(19)14(18)10-13/h4-10H,3,11H2,1-2H3,(H,20,22). The van der Waals surface area contributed by atoms with Gasteiger partial charge in [-0.3, -0.25) is 4.79 Å². The molecule has 134 valence electrons. The number of amides is 1. The van der Waals surface area contributed by atoms with E-state index in [0.29, 0.717) is 5.69 Å². The summed E-state index contributed by atoms with van der Waals surface area (Å²) < 4.78 is 39.0. The van der Waals surface area contributed by atoms with Crippen molar-refractivity contribution in [2.75, 3.05) is 18.9 Å². The molecule has 0 saturated heterocycles. The largest absolute Gasteiger partial charge is 0.325 e. The van der Waals surface area contributed by atoms with Gasteiger partial charge in [-0.2, -0.15) is 4.31 Å². The molecule has 1 amide bonds. The zero-order valence-corrected chi connectivity index (χ0v) is 15.4. The number of likely N-dealkylation sites (N-methyl/N-ethyl adjacent to an activating group) is 1. The second kappa shape index (κ2) is 7.95. The van der Waals surface area contributed by atoms with E-state index >= 15 is 0 Å². The van der Waals surface area contributed by atoms with Gasteiger partial charge in [0.1, 0.15) is 5.82 Å². The summed E-state index contributed by atoms with van der Waals surface area (Å²) >= 11 is 5.63. The van der Waals surface area contributed by atoms with Crippen LogP contribution in [0.5, 0.6) is 0 Å². The second-order valence-electron chi connectivity index (χ2n) is 5.40. The molecule has 0 aliphatic carbocycles. The van der Waals surface area contributed by atoms with E-state index in [1.165, 1.54) is 7.05 Å². The molecular formula is C17H18ClFN2O3S. The molecule has 0 aliphatic heterocycles. The molecule has 2 aromatic rings. The summed E-state index contributed by atoms with van der Waals surface area (Å²) in [5.74, 6) is -1.18. The number of rotatable bonds is 6. The van der Waals surface area contributed by atoms with Crippen molar-refractivity contribution in [3.8, 4) is 0 Å². The first-order valence-corrected chi connectivity index (χ1v) is 9.36. The summed E-state index contributed by atoms with van der Waals surface area (Å²) in [5.41, 5.74) is 1.59. The highest BCUT2D eigenvalue weighted by Crippen LogP contribution is 2.22. The van der Waals surface area contributed by atoms with Gasteiger partial charge < -0.3 is 5.32 Å². The molecule has 25 heavy (non-hydrogen) atoms. The van der Waals surface area contributed by atoms with E-state index in [2.05, 4.69) is 5.32 Å². The highest BCUT2D eigenvalue weighted by molar-refractivity contribution is 7.89. The Kier molecular flexibility index (Phi) is 6.16. The number of nitrogens with zero attached hydrogens (tertiary/aromatic N) is 1. The van der Waals surface area contributed by atoms with Crippen LogP contribution in [0.3, 0.4) is 0 Å². The van der Waals surface area contributed by atoms with E-state index in [4.69, 9.17) is 11.6 Å². The summed E-state index contributed by atoms with van der Waals surface area (Å²) in [6.07, 6.45) is 0.735. The number of sulfonamides is 1. The van der Waals surface area contributed by atoms with Gasteiger partial charge in [-0.15, -0.1) is 0 Å². The fourth-order valence-electron chi connectivity index (χ4n) is 2.24. The van der Waals surface area contributed by atoms with Gasteiger partial charge in [0.15, 0.2) is 0 Å². The normalized spacial score (nSPS) is 11.6. The Morgan fingerprint density at radius 1 is 1.24 bits per heavy atom. The van der Waals surface area contributed by atoms with Crippen LogP contribution in [0.4, 0.5) is 10.1 Å². The van der Waals surface area contributed by atoms with E-state index in [1.54, 1.807) is 12.1 Å². The molecule has 0 fully saturated rings. The number of nitrogens with one attached hydrogen (secondary N) is 1. The lowest BCUT2D eigenvalue weighted by atomic mass is 10.1. The lowest BCUT2D eigenvalue weighted by Gasteiger charge is -2.18. The van der Waals surface area contributed by atoms with E-state index < -0.39 is 21.7 Å². The first-order valence-electron chi connectivity index (χ1n) is 7.55. The Labute approximate surface area is 151 Å². The lowest BCUT2D eigenvalue weighted by molar-refractivity contribution is -0.116. The minimum absolute atomic E-state index is 0.178. The first-order chi connectivity index (χ1) is 11.8. The minimum atomic E-state index is -3.96. The van der Waals surface area contributed by atoms with Gasteiger partial charge in [0.25, 0.3) is 0 Å². The number of benzene rings is 2. The van der Waals surface area contributed by atoms with Crippen LogP contribution >= 0.6 is 11.6 Å². The summed E-state index contributed by atoms with van der Waals surface area (Å²) in [5, 5.41) is 2.41. The fraction of sp³-hybridized carbons (Fsp3) is 0.235. The van der Waals surface area contributed by atoms with Crippen molar-refractivity contribution in [1.29, 1.82) is 0 Å². The third kappa shape index (κ3) is 4.56. The zero-order valence-electron chi connectivity index (χ0n) is 13.8. The molecule has 8 heteroatoms. The molecule has 0 aromatic heterocycles. The van der Waals surface area contributed by atoms with E-state index in [1.807, 2.05) is 19.1 Å². The maximum Gasteiger partial charge on any atom is 0.243 e. The van der Waals surface area contributed by atoms with Gasteiger partial charge in [-0.1, -0.05) is 36.7 Å². The number of aryl methyl sites for hydroxylation is 1. The van der Waals surface area contributed by atoms with Crippen LogP contribution in [0.15, 0.2) is 47.4 Å². The summed E-state index contributed by atoms with van der Waals surface area (Å²) in [7, 11) is -2.68. The third-order valence-electron chi connectivity index (χ3n) is 3.64. The smallest absolute Gasteiger partial charge is 0.243 e. The molecule has 2 aromatic carbocycles. The Hall–Kier alpha value is -1.96.